The molecule has 1 atom stereocenters. The van der Waals surface area contributed by atoms with Crippen LogP contribution in [0.1, 0.15) is 17.2 Å². The van der Waals surface area contributed by atoms with Gasteiger partial charge in [0.15, 0.2) is 0 Å². The van der Waals surface area contributed by atoms with E-state index in [0.29, 0.717) is 41.4 Å². The van der Waals surface area contributed by atoms with Crippen LogP contribution in [0, 0.1) is 5.82 Å². The number of urea groups is 1. The van der Waals surface area contributed by atoms with Crippen LogP contribution in [0.3, 0.4) is 0 Å². The number of halogens is 1. The molecule has 0 radical (unpaired) electrons. The lowest BCUT2D eigenvalue weighted by atomic mass is 9.95. The second kappa shape index (κ2) is 7.70. The van der Waals surface area contributed by atoms with Gasteiger partial charge in [-0.15, -0.1) is 0 Å². The molecular weight excluding hydrogens is 389 g/mol. The Labute approximate surface area is 173 Å². The van der Waals surface area contributed by atoms with Gasteiger partial charge in [0.25, 0.3) is 5.91 Å². The van der Waals surface area contributed by atoms with Gasteiger partial charge < -0.3 is 19.7 Å². The van der Waals surface area contributed by atoms with Crippen LogP contribution in [0.4, 0.5) is 9.18 Å². The molecule has 0 saturated carbocycles. The van der Waals surface area contributed by atoms with E-state index in [-0.39, 0.29) is 17.8 Å². The minimum absolute atomic E-state index is 0.173. The van der Waals surface area contributed by atoms with Crippen molar-refractivity contribution in [1.82, 2.24) is 15.1 Å². The van der Waals surface area contributed by atoms with Crippen LogP contribution < -0.4 is 14.8 Å². The van der Waals surface area contributed by atoms with Gasteiger partial charge in [-0.1, -0.05) is 12.1 Å². The summed E-state index contributed by atoms with van der Waals surface area (Å²) in [6.45, 7) is 0.620. The van der Waals surface area contributed by atoms with Crippen LogP contribution in [-0.2, 0) is 11.3 Å². The Morgan fingerprint density at radius 2 is 1.70 bits per heavy atom. The molecule has 2 aliphatic heterocycles. The maximum atomic E-state index is 13.3. The average Bonchev–Trinajstić information content (AvgIpc) is 3.08. The predicted octanol–water partition coefficient (Wildman–Crippen LogP) is 2.84. The van der Waals surface area contributed by atoms with Crippen LogP contribution in [0.15, 0.2) is 53.7 Å². The Morgan fingerprint density at radius 3 is 2.30 bits per heavy atom. The molecule has 2 aromatic rings. The number of benzene rings is 2. The zero-order chi connectivity index (χ0) is 21.4. The van der Waals surface area contributed by atoms with Gasteiger partial charge >= 0.3 is 6.03 Å². The first kappa shape index (κ1) is 19.8. The van der Waals surface area contributed by atoms with Gasteiger partial charge in [0.1, 0.15) is 17.3 Å². The van der Waals surface area contributed by atoms with Gasteiger partial charge in [0.05, 0.1) is 38.1 Å². The van der Waals surface area contributed by atoms with Crippen molar-refractivity contribution in [2.45, 2.75) is 12.6 Å². The molecule has 3 amide bonds. The van der Waals surface area contributed by atoms with Crippen molar-refractivity contribution in [3.8, 4) is 11.5 Å². The first-order valence-electron chi connectivity index (χ1n) is 9.45. The molecule has 0 aromatic heterocycles. The number of hydrogen-bond donors (Lipinski definition) is 1. The summed E-state index contributed by atoms with van der Waals surface area (Å²) < 4.78 is 23.9. The Balaban J connectivity index is 1.69. The molecule has 4 rings (SSSR count). The zero-order valence-corrected chi connectivity index (χ0v) is 16.9. The largest absolute Gasteiger partial charge is 0.497 e. The van der Waals surface area contributed by atoms with E-state index >= 15 is 0 Å². The Bertz CT molecular complexity index is 1010. The third kappa shape index (κ3) is 3.45. The highest BCUT2D eigenvalue weighted by Gasteiger charge is 2.43. The molecule has 0 spiro atoms. The van der Waals surface area contributed by atoms with Gasteiger partial charge in [-0.2, -0.15) is 0 Å². The van der Waals surface area contributed by atoms with Crippen molar-refractivity contribution < 1.29 is 23.5 Å². The number of ether oxygens (including phenoxy) is 2. The van der Waals surface area contributed by atoms with Gasteiger partial charge in [-0.3, -0.25) is 9.69 Å². The molecule has 0 fully saturated rings. The van der Waals surface area contributed by atoms with E-state index in [1.54, 1.807) is 56.5 Å². The van der Waals surface area contributed by atoms with Crippen LogP contribution in [0.5, 0.6) is 11.5 Å². The molecule has 0 aliphatic carbocycles. The number of likely N-dealkylation sites (N-methyl/N-ethyl adjacent to an activating group) is 1. The van der Waals surface area contributed by atoms with Crippen molar-refractivity contribution >= 4 is 11.9 Å². The Morgan fingerprint density at radius 1 is 1.07 bits per heavy atom. The van der Waals surface area contributed by atoms with Gasteiger partial charge in [-0.25, -0.2) is 9.18 Å². The van der Waals surface area contributed by atoms with E-state index < -0.39 is 6.04 Å². The van der Waals surface area contributed by atoms with Gasteiger partial charge in [0.2, 0.25) is 0 Å². The normalized spacial score (nSPS) is 18.5. The number of carbonyl (C=O) groups excluding carboxylic acids is 2. The van der Waals surface area contributed by atoms with E-state index in [1.807, 2.05) is 0 Å². The van der Waals surface area contributed by atoms with Crippen LogP contribution >= 0.6 is 0 Å². The Kier molecular flexibility index (Phi) is 5.07. The quantitative estimate of drug-likeness (QED) is 0.822. The second-order valence-electron chi connectivity index (χ2n) is 7.24. The molecule has 156 valence electrons. The van der Waals surface area contributed by atoms with E-state index in [0.717, 1.165) is 5.56 Å². The molecule has 0 bridgehead atoms. The molecule has 0 unspecified atom stereocenters. The third-order valence-electron chi connectivity index (χ3n) is 5.43. The minimum Gasteiger partial charge on any atom is -0.497 e. The molecule has 2 aromatic carbocycles. The van der Waals surface area contributed by atoms with E-state index in [4.69, 9.17) is 9.47 Å². The number of carbonyl (C=O) groups is 2. The topological polar surface area (TPSA) is 71.1 Å². The number of amides is 3. The number of hydrogen-bond acceptors (Lipinski definition) is 4. The minimum atomic E-state index is -0.626. The first-order valence-corrected chi connectivity index (χ1v) is 9.45. The summed E-state index contributed by atoms with van der Waals surface area (Å²) in [6.07, 6.45) is 0. The summed E-state index contributed by atoms with van der Waals surface area (Å²) in [7, 11) is 4.73. The summed E-state index contributed by atoms with van der Waals surface area (Å²) in [6, 6.07) is 10.4. The lowest BCUT2D eigenvalue weighted by Gasteiger charge is -2.31. The molecule has 8 heteroatoms. The monoisotopic (exact) mass is 411 g/mol. The fraction of sp³-hybridized carbons (Fsp3) is 0.273. The van der Waals surface area contributed by atoms with Gasteiger partial charge in [-0.05, 0) is 35.4 Å². The molecule has 2 heterocycles. The Hall–Kier alpha value is -3.55. The molecule has 30 heavy (non-hydrogen) atoms. The maximum Gasteiger partial charge on any atom is 0.322 e. The van der Waals surface area contributed by atoms with Crippen molar-refractivity contribution in [2.24, 2.45) is 0 Å². The summed E-state index contributed by atoms with van der Waals surface area (Å²) in [4.78, 5) is 29.0. The van der Waals surface area contributed by atoms with Crippen molar-refractivity contribution in [3.05, 3.63) is 70.7 Å². The highest BCUT2D eigenvalue weighted by Crippen LogP contribution is 2.38. The second-order valence-corrected chi connectivity index (χ2v) is 7.24. The predicted molar refractivity (Wildman–Crippen MR) is 107 cm³/mol. The first-order chi connectivity index (χ1) is 14.4. The van der Waals surface area contributed by atoms with E-state index in [9.17, 15) is 14.0 Å². The maximum absolute atomic E-state index is 13.3. The summed E-state index contributed by atoms with van der Waals surface area (Å²) in [5, 5.41) is 2.90. The lowest BCUT2D eigenvalue weighted by molar-refractivity contribution is -0.126. The van der Waals surface area contributed by atoms with Crippen LogP contribution in [-0.4, -0.2) is 49.6 Å². The zero-order valence-electron chi connectivity index (χ0n) is 16.9. The molecule has 0 saturated heterocycles. The number of rotatable bonds is 5. The highest BCUT2D eigenvalue weighted by molar-refractivity contribution is 6.01. The average molecular weight is 411 g/mol. The van der Waals surface area contributed by atoms with E-state index in [2.05, 4.69) is 5.32 Å². The number of nitrogens with zero attached hydrogens (tertiary/aromatic N) is 2. The smallest absolute Gasteiger partial charge is 0.322 e. The summed E-state index contributed by atoms with van der Waals surface area (Å²) in [5.41, 5.74) is 2.66. The van der Waals surface area contributed by atoms with Crippen LogP contribution in [0.2, 0.25) is 0 Å². The number of nitrogens with one attached hydrogen (secondary N) is 1. The fourth-order valence-electron chi connectivity index (χ4n) is 3.81. The van der Waals surface area contributed by atoms with Crippen molar-refractivity contribution in [2.75, 3.05) is 27.8 Å². The standard InChI is InChI=1S/C22H22FN3O4/c1-25-18-12-26(11-13-4-6-15(23)7-5-13)21(27)19(18)20(24-22(25)28)14-8-16(29-2)10-17(9-14)30-3/h4-10,20H,11-12H2,1-3H3,(H,24,28)/t20-/m1/s1. The highest BCUT2D eigenvalue weighted by atomic mass is 19.1. The SMILES string of the molecule is COc1cc(OC)cc([C@H]2NC(=O)N(C)C3=C2C(=O)N(Cc2ccc(F)cc2)C3)c1. The van der Waals surface area contributed by atoms with Crippen LogP contribution in [0.25, 0.3) is 0 Å². The third-order valence-corrected chi connectivity index (χ3v) is 5.43. The fourth-order valence-corrected chi connectivity index (χ4v) is 3.81. The molecular formula is C22H22FN3O4. The molecule has 1 N–H and O–H groups in total. The lowest BCUT2D eigenvalue weighted by Crippen LogP contribution is -2.45. The van der Waals surface area contributed by atoms with Crippen molar-refractivity contribution in [1.29, 1.82) is 0 Å². The van der Waals surface area contributed by atoms with E-state index in [1.165, 1.54) is 17.0 Å². The molecule has 2 aliphatic rings. The van der Waals surface area contributed by atoms with Gasteiger partial charge in [0, 0.05) is 19.7 Å². The summed E-state index contributed by atoms with van der Waals surface area (Å²) in [5.74, 6) is 0.625. The van der Waals surface area contributed by atoms with Crippen molar-refractivity contribution in [3.63, 3.8) is 0 Å². The summed E-state index contributed by atoms with van der Waals surface area (Å²) >= 11 is 0. The molecule has 7 nitrogen and oxygen atoms in total. The number of methoxy groups -OCH3 is 2.